The monoisotopic (exact) mass is 306 g/mol. The zero-order valence-corrected chi connectivity index (χ0v) is 13.4. The van der Waals surface area contributed by atoms with Crippen molar-refractivity contribution in [3.63, 3.8) is 0 Å². The van der Waals surface area contributed by atoms with Crippen LogP contribution in [-0.4, -0.2) is 5.78 Å². The lowest BCUT2D eigenvalue weighted by atomic mass is 9.95. The van der Waals surface area contributed by atoms with Crippen LogP contribution >= 0.6 is 13.5 Å². The van der Waals surface area contributed by atoms with Crippen LogP contribution in [-0.2, 0) is 0 Å². The molecular weight excluding hydrogens is 288 g/mol. The maximum atomic E-state index is 11.8. The lowest BCUT2D eigenvalue weighted by Crippen LogP contribution is -1.94. The van der Waals surface area contributed by atoms with Crippen LogP contribution < -0.4 is 0 Å². The molecule has 0 spiro atoms. The molecule has 0 amide bonds. The summed E-state index contributed by atoms with van der Waals surface area (Å²) in [5, 5.41) is 0. The van der Waals surface area contributed by atoms with E-state index in [-0.39, 0.29) is 19.3 Å². The van der Waals surface area contributed by atoms with Gasteiger partial charge >= 0.3 is 0 Å². The van der Waals surface area contributed by atoms with Crippen molar-refractivity contribution in [3.05, 3.63) is 84.4 Å². The second-order valence-electron chi connectivity index (χ2n) is 5.09. The molecule has 0 saturated carbocycles. The smallest absolute Gasteiger partial charge is 0.159 e. The second kappa shape index (κ2) is 7.10. The molecule has 0 aliphatic rings. The van der Waals surface area contributed by atoms with Gasteiger partial charge in [0.25, 0.3) is 0 Å². The molecule has 22 heavy (non-hydrogen) atoms. The Bertz CT molecular complexity index is 706. The van der Waals surface area contributed by atoms with E-state index in [9.17, 15) is 4.79 Å². The molecular formula is C20H18OS. The average molecular weight is 306 g/mol. The summed E-state index contributed by atoms with van der Waals surface area (Å²) >= 11 is 0. The predicted octanol–water partition coefficient (Wildman–Crippen LogP) is 5.34. The van der Waals surface area contributed by atoms with Gasteiger partial charge in [-0.25, -0.2) is 0 Å². The Labute approximate surface area is 138 Å². The number of hydrogen-bond acceptors (Lipinski definition) is 1. The first kappa shape index (κ1) is 16.1. The summed E-state index contributed by atoms with van der Waals surface area (Å²) in [4.78, 5) is 11.8. The van der Waals surface area contributed by atoms with Gasteiger partial charge in [-0.05, 0) is 47.4 Å². The van der Waals surface area contributed by atoms with Gasteiger partial charge in [0.1, 0.15) is 0 Å². The molecule has 0 unspecified atom stereocenters. The number of ketones is 1. The maximum absolute atomic E-state index is 11.8. The summed E-state index contributed by atoms with van der Waals surface area (Å²) in [7, 11) is 0. The topological polar surface area (TPSA) is 17.1 Å². The summed E-state index contributed by atoms with van der Waals surface area (Å²) in [6.07, 6.45) is 0. The van der Waals surface area contributed by atoms with Crippen LogP contribution in [0, 0.1) is 0 Å². The van der Waals surface area contributed by atoms with Gasteiger partial charge in [-0.3, -0.25) is 4.79 Å². The van der Waals surface area contributed by atoms with Crippen LogP contribution in [0.5, 0.6) is 0 Å². The van der Waals surface area contributed by atoms with Gasteiger partial charge in [-0.1, -0.05) is 60.7 Å². The Morgan fingerprint density at radius 1 is 0.636 bits per heavy atom. The van der Waals surface area contributed by atoms with E-state index in [0.717, 1.165) is 27.8 Å². The highest BCUT2D eigenvalue weighted by atomic mass is 32.1. The fourth-order valence-electron chi connectivity index (χ4n) is 2.43. The largest absolute Gasteiger partial charge is 0.295 e. The lowest BCUT2D eigenvalue weighted by molar-refractivity contribution is 0.101. The third-order valence-corrected chi connectivity index (χ3v) is 3.55. The quantitative estimate of drug-likeness (QED) is 0.597. The fourth-order valence-corrected chi connectivity index (χ4v) is 2.43. The van der Waals surface area contributed by atoms with Gasteiger partial charge in [0, 0.05) is 5.56 Å². The Morgan fingerprint density at radius 2 is 1.05 bits per heavy atom. The molecule has 0 aliphatic carbocycles. The number of hydrogen-bond donors (Lipinski definition) is 0. The molecule has 2 heteroatoms. The molecule has 3 aromatic carbocycles. The minimum absolute atomic E-state index is 0. The van der Waals surface area contributed by atoms with E-state index in [0.29, 0.717) is 0 Å². The number of rotatable bonds is 3. The van der Waals surface area contributed by atoms with Crippen LogP contribution in [0.3, 0.4) is 0 Å². The molecule has 0 bridgehead atoms. The van der Waals surface area contributed by atoms with Crippen molar-refractivity contribution >= 4 is 19.3 Å². The first-order valence-corrected chi connectivity index (χ1v) is 7.01. The van der Waals surface area contributed by atoms with Crippen molar-refractivity contribution in [2.75, 3.05) is 0 Å². The van der Waals surface area contributed by atoms with Crippen molar-refractivity contribution in [2.24, 2.45) is 0 Å². The summed E-state index contributed by atoms with van der Waals surface area (Å²) in [5.74, 6) is 0.0879. The minimum Gasteiger partial charge on any atom is -0.295 e. The molecule has 0 aliphatic heterocycles. The van der Waals surface area contributed by atoms with E-state index in [4.69, 9.17) is 0 Å². The van der Waals surface area contributed by atoms with Gasteiger partial charge in [0.15, 0.2) is 5.78 Å². The third kappa shape index (κ3) is 3.46. The van der Waals surface area contributed by atoms with Crippen LogP contribution in [0.15, 0.2) is 78.9 Å². The molecule has 0 aromatic heterocycles. The molecule has 3 aromatic rings. The third-order valence-electron chi connectivity index (χ3n) is 3.55. The van der Waals surface area contributed by atoms with Gasteiger partial charge in [0.05, 0.1) is 0 Å². The molecule has 0 radical (unpaired) electrons. The van der Waals surface area contributed by atoms with Crippen molar-refractivity contribution in [1.82, 2.24) is 0 Å². The first-order chi connectivity index (χ1) is 10.2. The summed E-state index contributed by atoms with van der Waals surface area (Å²) in [6, 6.07) is 26.4. The van der Waals surface area contributed by atoms with Gasteiger partial charge in [-0.15, -0.1) is 0 Å². The van der Waals surface area contributed by atoms with Crippen molar-refractivity contribution in [1.29, 1.82) is 0 Å². The van der Waals surface area contributed by atoms with Crippen LogP contribution in [0.2, 0.25) is 0 Å². The van der Waals surface area contributed by atoms with E-state index >= 15 is 0 Å². The maximum Gasteiger partial charge on any atom is 0.159 e. The highest BCUT2D eigenvalue weighted by Crippen LogP contribution is 2.28. The molecule has 0 heterocycles. The normalized spacial score (nSPS) is 9.86. The molecule has 3 rings (SSSR count). The van der Waals surface area contributed by atoms with Crippen molar-refractivity contribution in [3.8, 4) is 22.3 Å². The molecule has 0 N–H and O–H groups in total. The molecule has 0 fully saturated rings. The minimum atomic E-state index is 0. The van der Waals surface area contributed by atoms with E-state index < -0.39 is 0 Å². The molecule has 1 nitrogen and oxygen atoms in total. The second-order valence-corrected chi connectivity index (χ2v) is 5.09. The van der Waals surface area contributed by atoms with E-state index in [1.807, 2.05) is 48.5 Å². The first-order valence-electron chi connectivity index (χ1n) is 7.01. The van der Waals surface area contributed by atoms with Gasteiger partial charge in [0.2, 0.25) is 0 Å². The Morgan fingerprint density at radius 3 is 1.41 bits per heavy atom. The van der Waals surface area contributed by atoms with Crippen LogP contribution in [0.25, 0.3) is 22.3 Å². The molecule has 0 saturated heterocycles. The highest BCUT2D eigenvalue weighted by Gasteiger charge is 2.07. The van der Waals surface area contributed by atoms with Crippen LogP contribution in [0.1, 0.15) is 17.3 Å². The Balaban J connectivity index is 0.00000176. The average Bonchev–Trinajstić information content (AvgIpc) is 2.56. The zero-order valence-electron chi connectivity index (χ0n) is 12.4. The van der Waals surface area contributed by atoms with E-state index in [2.05, 4.69) is 30.3 Å². The lowest BCUT2D eigenvalue weighted by Gasteiger charge is -2.09. The number of carbonyl (C=O) groups excluding carboxylic acids is 1. The van der Waals surface area contributed by atoms with Gasteiger partial charge in [-0.2, -0.15) is 13.5 Å². The summed E-state index contributed by atoms with van der Waals surface area (Å²) < 4.78 is 0. The number of carbonyl (C=O) groups is 1. The van der Waals surface area contributed by atoms with Crippen molar-refractivity contribution in [2.45, 2.75) is 6.92 Å². The molecule has 0 atom stereocenters. The Hall–Kier alpha value is -2.32. The van der Waals surface area contributed by atoms with Crippen LogP contribution in [0.4, 0.5) is 0 Å². The summed E-state index contributed by atoms with van der Waals surface area (Å²) in [5.41, 5.74) is 5.13. The Kier molecular flexibility index (Phi) is 5.18. The number of benzene rings is 3. The van der Waals surface area contributed by atoms with Gasteiger partial charge < -0.3 is 0 Å². The predicted molar refractivity (Wildman–Crippen MR) is 97.7 cm³/mol. The SMILES string of the molecule is CC(=O)c1cc(-c2ccccc2)cc(-c2ccccc2)c1.S. The van der Waals surface area contributed by atoms with E-state index in [1.165, 1.54) is 0 Å². The molecule has 110 valence electrons. The number of Topliss-reactive ketones (excluding diaryl/α,β-unsaturated/α-hetero) is 1. The van der Waals surface area contributed by atoms with Crippen molar-refractivity contribution < 1.29 is 4.79 Å². The standard InChI is InChI=1S/C20H16O.H2S/c1-15(21)18-12-19(16-8-4-2-5-9-16)14-20(13-18)17-10-6-3-7-11-17;/h2-14H,1H3;1H2. The van der Waals surface area contributed by atoms with E-state index in [1.54, 1.807) is 6.92 Å². The zero-order chi connectivity index (χ0) is 14.7. The highest BCUT2D eigenvalue weighted by molar-refractivity contribution is 7.59. The summed E-state index contributed by atoms with van der Waals surface area (Å²) in [6.45, 7) is 1.61. The fraction of sp³-hybridized carbons (Fsp3) is 0.0500.